The molecule has 3 nitrogen and oxygen atoms in total. The molecule has 0 aliphatic carbocycles. The Balaban J connectivity index is 3.34. The number of hydrogen-bond donors (Lipinski definition) is 0. The maximum atomic E-state index is 10.4. The third kappa shape index (κ3) is 3.97. The monoisotopic (exact) mass is 131 g/mol. The normalized spacial score (nSPS) is 12.8. The molecule has 0 bridgehead atoms. The first-order chi connectivity index (χ1) is 4.20. The summed E-state index contributed by atoms with van der Waals surface area (Å²) in [7, 11) is 1.32. The van der Waals surface area contributed by atoms with Crippen molar-refractivity contribution in [2.75, 3.05) is 13.7 Å². The summed E-state index contributed by atoms with van der Waals surface area (Å²) in [5.41, 5.74) is 0. The van der Waals surface area contributed by atoms with Gasteiger partial charge in [0.05, 0.1) is 20.1 Å². The van der Waals surface area contributed by atoms with Gasteiger partial charge in [0.25, 0.3) is 0 Å². The molecule has 1 radical (unpaired) electrons. The first kappa shape index (κ1) is 8.43. The molecule has 0 saturated carbocycles. The van der Waals surface area contributed by atoms with E-state index in [-0.39, 0.29) is 24.9 Å². The van der Waals surface area contributed by atoms with Crippen LogP contribution in [-0.4, -0.2) is 19.7 Å². The first-order valence-corrected chi connectivity index (χ1v) is 2.85. The van der Waals surface area contributed by atoms with Crippen LogP contribution >= 0.6 is 0 Å². The molecule has 0 N–H and O–H groups in total. The van der Waals surface area contributed by atoms with Crippen molar-refractivity contribution in [1.82, 2.24) is 0 Å². The molecule has 1 unspecified atom stereocenters. The fourth-order valence-corrected chi connectivity index (χ4v) is 0.427. The minimum absolute atomic E-state index is 0.0996. The molecule has 1 atom stereocenters. The Hall–Kier alpha value is -0.570. The zero-order valence-electron chi connectivity index (χ0n) is 5.72. The maximum Gasteiger partial charge on any atom is 0.305 e. The Morgan fingerprint density at radius 3 is 2.56 bits per heavy atom. The molecule has 0 amide bonds. The molecule has 0 aromatic rings. The van der Waals surface area contributed by atoms with Crippen molar-refractivity contribution in [3.05, 3.63) is 0 Å². The molecule has 0 aromatic carbocycles. The second-order valence-corrected chi connectivity index (χ2v) is 2.05. The minimum atomic E-state index is -0.307. The number of esters is 1. The van der Waals surface area contributed by atoms with Gasteiger partial charge in [-0.2, -0.15) is 0 Å². The maximum absolute atomic E-state index is 10.4. The summed E-state index contributed by atoms with van der Waals surface area (Å²) in [6.45, 7) is 1.51. The number of carbonyl (C=O) groups excluding carboxylic acids is 1. The van der Waals surface area contributed by atoms with Crippen LogP contribution in [-0.2, 0) is 14.6 Å². The van der Waals surface area contributed by atoms with E-state index in [4.69, 9.17) is 0 Å². The van der Waals surface area contributed by atoms with Crippen molar-refractivity contribution in [2.24, 2.45) is 5.92 Å². The Morgan fingerprint density at radius 2 is 2.22 bits per heavy atom. The van der Waals surface area contributed by atoms with Crippen LogP contribution in [0, 0.1) is 5.92 Å². The molecule has 9 heavy (non-hydrogen) atoms. The summed E-state index contributed by atoms with van der Waals surface area (Å²) in [4.78, 5) is 10.4. The zero-order valence-corrected chi connectivity index (χ0v) is 5.72. The van der Waals surface area contributed by atoms with E-state index in [1.54, 1.807) is 6.92 Å². The summed E-state index contributed by atoms with van der Waals surface area (Å²) in [6.07, 6.45) is 0.236. The SMILES string of the molecule is COC(=O)CC(C)C[O]. The standard InChI is InChI=1S/C6H11O3/c1-5(4-7)3-6(8)9-2/h5H,3-4H2,1-2H3. The number of ether oxygens (including phenoxy) is 1. The average Bonchev–Trinajstić information content (AvgIpc) is 1.87. The molecular weight excluding hydrogens is 120 g/mol. The molecule has 53 valence electrons. The third-order valence-electron chi connectivity index (χ3n) is 1.03. The van der Waals surface area contributed by atoms with Gasteiger partial charge in [0.2, 0.25) is 0 Å². The summed E-state index contributed by atoms with van der Waals surface area (Å²) < 4.78 is 4.34. The molecule has 0 fully saturated rings. The lowest BCUT2D eigenvalue weighted by Gasteiger charge is -2.02. The Kier molecular flexibility index (Phi) is 4.05. The predicted molar refractivity (Wildman–Crippen MR) is 31.4 cm³/mol. The molecule has 0 aromatic heterocycles. The predicted octanol–water partition coefficient (Wildman–Crippen LogP) is 0.616. The number of hydrogen-bond acceptors (Lipinski definition) is 2. The van der Waals surface area contributed by atoms with Crippen LogP contribution in [0.15, 0.2) is 0 Å². The van der Waals surface area contributed by atoms with Gasteiger partial charge in [-0.25, -0.2) is 5.11 Å². The molecule has 0 aliphatic rings. The Bertz CT molecular complexity index is 90.3. The summed E-state index contributed by atoms with van der Waals surface area (Å²) in [5, 5.41) is 10.1. The highest BCUT2D eigenvalue weighted by molar-refractivity contribution is 5.69. The van der Waals surface area contributed by atoms with Crippen molar-refractivity contribution < 1.29 is 14.6 Å². The zero-order chi connectivity index (χ0) is 7.28. The van der Waals surface area contributed by atoms with Gasteiger partial charge in [0.1, 0.15) is 0 Å². The van der Waals surface area contributed by atoms with Crippen LogP contribution in [0.3, 0.4) is 0 Å². The van der Waals surface area contributed by atoms with Gasteiger partial charge in [0, 0.05) is 0 Å². The number of methoxy groups -OCH3 is 1. The van der Waals surface area contributed by atoms with E-state index in [0.717, 1.165) is 0 Å². The Labute approximate surface area is 54.6 Å². The van der Waals surface area contributed by atoms with Crippen molar-refractivity contribution in [3.8, 4) is 0 Å². The average molecular weight is 131 g/mol. The van der Waals surface area contributed by atoms with Gasteiger partial charge < -0.3 is 4.74 Å². The van der Waals surface area contributed by atoms with E-state index < -0.39 is 0 Å². The number of carbonyl (C=O) groups is 1. The van der Waals surface area contributed by atoms with Crippen LogP contribution in [0.4, 0.5) is 0 Å². The molecule has 3 heteroatoms. The van der Waals surface area contributed by atoms with Crippen LogP contribution < -0.4 is 0 Å². The van der Waals surface area contributed by atoms with Gasteiger partial charge in [-0.1, -0.05) is 6.92 Å². The van der Waals surface area contributed by atoms with E-state index in [9.17, 15) is 9.90 Å². The van der Waals surface area contributed by atoms with Crippen LogP contribution in [0.5, 0.6) is 0 Å². The summed E-state index contributed by atoms with van der Waals surface area (Å²) in [5.74, 6) is -0.407. The highest BCUT2D eigenvalue weighted by Crippen LogP contribution is 2.00. The van der Waals surface area contributed by atoms with Crippen molar-refractivity contribution >= 4 is 5.97 Å². The topological polar surface area (TPSA) is 46.2 Å². The first-order valence-electron chi connectivity index (χ1n) is 2.85. The van der Waals surface area contributed by atoms with E-state index in [0.29, 0.717) is 0 Å². The second-order valence-electron chi connectivity index (χ2n) is 2.05. The fraction of sp³-hybridized carbons (Fsp3) is 0.833. The van der Waals surface area contributed by atoms with E-state index in [1.807, 2.05) is 0 Å². The number of rotatable bonds is 3. The van der Waals surface area contributed by atoms with E-state index >= 15 is 0 Å². The van der Waals surface area contributed by atoms with Crippen LogP contribution in [0.2, 0.25) is 0 Å². The van der Waals surface area contributed by atoms with Gasteiger partial charge in [0.15, 0.2) is 0 Å². The van der Waals surface area contributed by atoms with E-state index in [1.165, 1.54) is 7.11 Å². The van der Waals surface area contributed by atoms with Gasteiger partial charge in [-0.15, -0.1) is 0 Å². The quantitative estimate of drug-likeness (QED) is 0.527. The smallest absolute Gasteiger partial charge is 0.305 e. The summed E-state index contributed by atoms with van der Waals surface area (Å²) >= 11 is 0. The van der Waals surface area contributed by atoms with Crippen LogP contribution in [0.25, 0.3) is 0 Å². The molecular formula is C6H11O3. The van der Waals surface area contributed by atoms with Crippen molar-refractivity contribution in [1.29, 1.82) is 0 Å². The summed E-state index contributed by atoms with van der Waals surface area (Å²) in [6, 6.07) is 0. The van der Waals surface area contributed by atoms with E-state index in [2.05, 4.69) is 4.74 Å². The molecule has 0 saturated heterocycles. The minimum Gasteiger partial charge on any atom is -0.469 e. The lowest BCUT2D eigenvalue weighted by molar-refractivity contribution is -0.142. The second kappa shape index (κ2) is 4.32. The van der Waals surface area contributed by atoms with Crippen molar-refractivity contribution in [3.63, 3.8) is 0 Å². The van der Waals surface area contributed by atoms with Gasteiger partial charge in [-0.3, -0.25) is 4.79 Å². The largest absolute Gasteiger partial charge is 0.469 e. The lowest BCUT2D eigenvalue weighted by Crippen LogP contribution is -2.09. The molecule has 0 spiro atoms. The highest BCUT2D eigenvalue weighted by atomic mass is 16.5. The molecule has 0 heterocycles. The molecule has 0 rings (SSSR count). The Morgan fingerprint density at radius 1 is 1.67 bits per heavy atom. The van der Waals surface area contributed by atoms with Crippen molar-refractivity contribution in [2.45, 2.75) is 13.3 Å². The molecule has 0 aliphatic heterocycles. The van der Waals surface area contributed by atoms with Gasteiger partial charge >= 0.3 is 5.97 Å². The highest BCUT2D eigenvalue weighted by Gasteiger charge is 2.07. The lowest BCUT2D eigenvalue weighted by atomic mass is 10.1. The van der Waals surface area contributed by atoms with Gasteiger partial charge in [-0.05, 0) is 5.92 Å². The fourth-order valence-electron chi connectivity index (χ4n) is 0.427. The third-order valence-corrected chi connectivity index (χ3v) is 1.03. The van der Waals surface area contributed by atoms with Crippen LogP contribution in [0.1, 0.15) is 13.3 Å².